The van der Waals surface area contributed by atoms with Crippen molar-refractivity contribution < 1.29 is 14.6 Å². The van der Waals surface area contributed by atoms with Gasteiger partial charge in [0, 0.05) is 61.4 Å². The monoisotopic (exact) mass is 656 g/mol. The first-order valence-corrected chi connectivity index (χ1v) is 15.7. The number of nitrogens with one attached hydrogen (secondary N) is 2. The van der Waals surface area contributed by atoms with Crippen LogP contribution in [-0.4, -0.2) is 56.7 Å². The van der Waals surface area contributed by atoms with E-state index in [9.17, 15) is 14.7 Å². The standard InChI is InChI=1S/C35H37ClN6O5/c1-19-16-28-30(34(44)42(4)35(45)41(28)3)32(38-19)39-25-11-7-8-22(20(25)2)23-9-6-10-24(31(23)36)26-13-12-21(33(40-26)46-5)17-37-27-14-15-47-18-29(27)43/h6-13,16,27,29,37,43H,14-15,17-18H2,1-5H3,(H,38,39)/t27-,29-/m1/s1. The third-order valence-electron chi connectivity index (χ3n) is 8.75. The number of rotatable bonds is 8. The average Bonchev–Trinajstić information content (AvgIpc) is 3.07. The zero-order chi connectivity index (χ0) is 33.4. The van der Waals surface area contributed by atoms with E-state index >= 15 is 0 Å². The summed E-state index contributed by atoms with van der Waals surface area (Å²) in [6, 6.07) is 17.2. The Hall–Kier alpha value is -4.55. The van der Waals surface area contributed by atoms with Crippen molar-refractivity contribution >= 4 is 34.0 Å². The van der Waals surface area contributed by atoms with Crippen LogP contribution >= 0.6 is 11.6 Å². The lowest BCUT2D eigenvalue weighted by Crippen LogP contribution is -2.46. The van der Waals surface area contributed by atoms with Crippen molar-refractivity contribution in [2.45, 2.75) is 39.0 Å². The number of hydrogen-bond acceptors (Lipinski definition) is 9. The molecular formula is C35H37ClN6O5. The molecule has 47 heavy (non-hydrogen) atoms. The summed E-state index contributed by atoms with van der Waals surface area (Å²) in [6.45, 7) is 5.21. The van der Waals surface area contributed by atoms with Crippen LogP contribution in [0.5, 0.6) is 5.88 Å². The van der Waals surface area contributed by atoms with Crippen LogP contribution in [0.3, 0.4) is 0 Å². The van der Waals surface area contributed by atoms with Gasteiger partial charge >= 0.3 is 5.69 Å². The number of halogens is 1. The smallest absolute Gasteiger partial charge is 0.330 e. The molecule has 2 aromatic carbocycles. The summed E-state index contributed by atoms with van der Waals surface area (Å²) in [6.07, 6.45) is 0.168. The number of hydrogen-bond donors (Lipinski definition) is 3. The Morgan fingerprint density at radius 2 is 1.77 bits per heavy atom. The van der Waals surface area contributed by atoms with Gasteiger partial charge in [-0.2, -0.15) is 0 Å². The summed E-state index contributed by atoms with van der Waals surface area (Å²) in [5, 5.41) is 17.9. The zero-order valence-corrected chi connectivity index (χ0v) is 27.7. The topological polar surface area (TPSA) is 133 Å². The van der Waals surface area contributed by atoms with Crippen molar-refractivity contribution in [1.29, 1.82) is 0 Å². The summed E-state index contributed by atoms with van der Waals surface area (Å²) in [5.74, 6) is 0.843. The van der Waals surface area contributed by atoms with E-state index in [0.717, 1.165) is 44.5 Å². The van der Waals surface area contributed by atoms with E-state index in [-0.39, 0.29) is 6.04 Å². The van der Waals surface area contributed by atoms with E-state index in [4.69, 9.17) is 26.1 Å². The molecule has 0 bridgehead atoms. The van der Waals surface area contributed by atoms with Gasteiger partial charge in [0.1, 0.15) is 11.2 Å². The van der Waals surface area contributed by atoms with Crippen molar-refractivity contribution in [3.05, 3.63) is 97.3 Å². The highest BCUT2D eigenvalue weighted by molar-refractivity contribution is 6.36. The van der Waals surface area contributed by atoms with Gasteiger partial charge in [0.25, 0.3) is 5.56 Å². The second-order valence-corrected chi connectivity index (χ2v) is 12.1. The predicted octanol–water partition coefficient (Wildman–Crippen LogP) is 4.62. The molecule has 11 nitrogen and oxygen atoms in total. The fraction of sp³-hybridized carbons (Fsp3) is 0.314. The number of aliphatic hydroxyl groups excluding tert-OH is 1. The van der Waals surface area contributed by atoms with Gasteiger partial charge in [-0.1, -0.05) is 48.0 Å². The number of fused-ring (bicyclic) bond motifs is 1. The van der Waals surface area contributed by atoms with Crippen LogP contribution in [0.15, 0.2) is 64.2 Å². The number of nitrogens with zero attached hydrogens (tertiary/aromatic N) is 4. The van der Waals surface area contributed by atoms with Crippen LogP contribution in [0.1, 0.15) is 23.2 Å². The molecule has 1 aliphatic rings. The molecule has 1 fully saturated rings. The van der Waals surface area contributed by atoms with Gasteiger partial charge < -0.3 is 25.2 Å². The first kappa shape index (κ1) is 32.4. The maximum Gasteiger partial charge on any atom is 0.330 e. The largest absolute Gasteiger partial charge is 0.481 e. The number of methoxy groups -OCH3 is 1. The lowest BCUT2D eigenvalue weighted by Gasteiger charge is -2.28. The fourth-order valence-corrected chi connectivity index (χ4v) is 6.39. The summed E-state index contributed by atoms with van der Waals surface area (Å²) in [7, 11) is 4.68. The van der Waals surface area contributed by atoms with Crippen molar-refractivity contribution in [2.75, 3.05) is 25.6 Å². The molecule has 0 aliphatic carbocycles. The number of aromatic nitrogens is 4. The van der Waals surface area contributed by atoms with Crippen LogP contribution in [0, 0.1) is 13.8 Å². The first-order chi connectivity index (χ1) is 22.6. The van der Waals surface area contributed by atoms with Crippen LogP contribution in [-0.2, 0) is 25.4 Å². The molecule has 3 N–H and O–H groups in total. The van der Waals surface area contributed by atoms with Gasteiger partial charge in [-0.05, 0) is 49.6 Å². The van der Waals surface area contributed by atoms with Gasteiger partial charge in [0.2, 0.25) is 5.88 Å². The van der Waals surface area contributed by atoms with Crippen LogP contribution in [0.25, 0.3) is 33.3 Å². The highest BCUT2D eigenvalue weighted by Crippen LogP contribution is 2.40. The highest BCUT2D eigenvalue weighted by Gasteiger charge is 2.24. The maximum absolute atomic E-state index is 13.2. The number of aryl methyl sites for hydroxylation is 2. The summed E-state index contributed by atoms with van der Waals surface area (Å²) < 4.78 is 13.5. The third-order valence-corrected chi connectivity index (χ3v) is 9.15. The van der Waals surface area contributed by atoms with Crippen molar-refractivity contribution in [3.63, 3.8) is 0 Å². The molecule has 12 heteroatoms. The fourth-order valence-electron chi connectivity index (χ4n) is 6.07. The Balaban J connectivity index is 1.34. The first-order valence-electron chi connectivity index (χ1n) is 15.4. The quantitative estimate of drug-likeness (QED) is 0.219. The second-order valence-electron chi connectivity index (χ2n) is 11.8. The lowest BCUT2D eigenvalue weighted by molar-refractivity contribution is -0.0281. The Morgan fingerprint density at radius 3 is 2.53 bits per heavy atom. The molecule has 5 aromatic rings. The van der Waals surface area contributed by atoms with E-state index in [1.165, 1.54) is 11.6 Å². The Bertz CT molecular complexity index is 2110. The third kappa shape index (κ3) is 6.15. The Kier molecular flexibility index (Phi) is 9.16. The van der Waals surface area contributed by atoms with E-state index < -0.39 is 17.4 Å². The number of ether oxygens (including phenoxy) is 2. The minimum absolute atomic E-state index is 0.0627. The summed E-state index contributed by atoms with van der Waals surface area (Å²) >= 11 is 7.10. The molecule has 1 saturated heterocycles. The second kappa shape index (κ2) is 13.3. The van der Waals surface area contributed by atoms with Gasteiger partial charge in [-0.3, -0.25) is 13.9 Å². The Labute approximate surface area is 276 Å². The molecule has 0 unspecified atom stereocenters. The molecular weight excluding hydrogens is 620 g/mol. The van der Waals surface area contributed by atoms with Gasteiger partial charge in [0.15, 0.2) is 0 Å². The SMILES string of the molecule is COc1nc(-c2cccc(-c3cccc(Nc4nc(C)cc5c4c(=O)n(C)c(=O)n5C)c3C)c2Cl)ccc1CN[C@@H]1CCOC[C@H]1O. The number of anilines is 2. The average molecular weight is 657 g/mol. The van der Waals surface area contributed by atoms with E-state index in [2.05, 4.69) is 15.6 Å². The number of aliphatic hydroxyl groups is 1. The van der Waals surface area contributed by atoms with Crippen molar-refractivity contribution in [3.8, 4) is 28.3 Å². The molecule has 2 atom stereocenters. The number of pyridine rings is 2. The van der Waals surface area contributed by atoms with Crippen molar-refractivity contribution in [2.24, 2.45) is 14.1 Å². The molecule has 1 aliphatic heterocycles. The van der Waals surface area contributed by atoms with E-state index in [0.29, 0.717) is 58.8 Å². The maximum atomic E-state index is 13.2. The normalized spacial score (nSPS) is 16.4. The predicted molar refractivity (Wildman–Crippen MR) is 184 cm³/mol. The van der Waals surface area contributed by atoms with Crippen LogP contribution in [0.4, 0.5) is 11.5 Å². The van der Waals surface area contributed by atoms with Crippen LogP contribution in [0.2, 0.25) is 5.02 Å². The molecule has 0 amide bonds. The lowest BCUT2D eigenvalue weighted by atomic mass is 9.96. The molecule has 3 aromatic heterocycles. The minimum atomic E-state index is -0.560. The zero-order valence-electron chi connectivity index (χ0n) is 26.9. The highest BCUT2D eigenvalue weighted by atomic mass is 35.5. The molecule has 0 spiro atoms. The molecule has 244 valence electrons. The van der Waals surface area contributed by atoms with Gasteiger partial charge in [0.05, 0.1) is 36.1 Å². The number of benzene rings is 2. The van der Waals surface area contributed by atoms with Gasteiger partial charge in [-0.25, -0.2) is 14.8 Å². The van der Waals surface area contributed by atoms with Crippen LogP contribution < -0.4 is 26.6 Å². The summed E-state index contributed by atoms with van der Waals surface area (Å²) in [4.78, 5) is 35.3. The summed E-state index contributed by atoms with van der Waals surface area (Å²) in [5.41, 5.74) is 5.95. The minimum Gasteiger partial charge on any atom is -0.481 e. The van der Waals surface area contributed by atoms with Crippen molar-refractivity contribution in [1.82, 2.24) is 24.4 Å². The van der Waals surface area contributed by atoms with E-state index in [1.54, 1.807) is 20.2 Å². The molecule has 4 heterocycles. The van der Waals surface area contributed by atoms with Gasteiger partial charge in [-0.15, -0.1) is 0 Å². The molecule has 0 radical (unpaired) electrons. The Morgan fingerprint density at radius 1 is 1.02 bits per heavy atom. The molecule has 6 rings (SSSR count). The van der Waals surface area contributed by atoms with E-state index in [1.807, 2.05) is 62.4 Å². The molecule has 0 saturated carbocycles.